The van der Waals surface area contributed by atoms with E-state index in [-0.39, 0.29) is 11.9 Å². The zero-order valence-corrected chi connectivity index (χ0v) is 14.1. The topological polar surface area (TPSA) is 68.0 Å². The Kier molecular flexibility index (Phi) is 5.04. The molecule has 25 heavy (non-hydrogen) atoms. The van der Waals surface area contributed by atoms with Crippen LogP contribution >= 0.6 is 0 Å². The fourth-order valence-electron chi connectivity index (χ4n) is 2.37. The highest BCUT2D eigenvalue weighted by Crippen LogP contribution is 2.19. The van der Waals surface area contributed by atoms with Crippen molar-refractivity contribution in [2.24, 2.45) is 0 Å². The molecule has 0 saturated carbocycles. The quantitative estimate of drug-likeness (QED) is 0.718. The lowest BCUT2D eigenvalue weighted by molar-refractivity contribution is -0.117. The molecule has 0 aliphatic carbocycles. The van der Waals surface area contributed by atoms with E-state index in [2.05, 4.69) is 15.5 Å². The first-order valence-corrected chi connectivity index (χ1v) is 8.06. The van der Waals surface area contributed by atoms with Crippen molar-refractivity contribution in [3.05, 3.63) is 77.7 Å². The Hall–Kier alpha value is -3.21. The van der Waals surface area contributed by atoms with Crippen molar-refractivity contribution >= 4 is 12.0 Å². The molecule has 1 atom stereocenters. The number of nitrogens with one attached hydrogen (secondary N) is 1. The van der Waals surface area contributed by atoms with E-state index >= 15 is 0 Å². The Morgan fingerprint density at radius 1 is 1.16 bits per heavy atom. The number of hydrogen-bond donors (Lipinski definition) is 1. The van der Waals surface area contributed by atoms with Crippen molar-refractivity contribution in [3.63, 3.8) is 0 Å². The number of nitrogens with zero attached hydrogens (tertiary/aromatic N) is 2. The number of carbonyl (C=O) groups excluding carboxylic acids is 1. The molecule has 2 aromatic carbocycles. The minimum absolute atomic E-state index is 0.216. The third-order valence-electron chi connectivity index (χ3n) is 3.67. The lowest BCUT2D eigenvalue weighted by atomic mass is 10.1. The fourth-order valence-corrected chi connectivity index (χ4v) is 2.37. The van der Waals surface area contributed by atoms with Gasteiger partial charge in [-0.1, -0.05) is 59.3 Å². The first-order valence-electron chi connectivity index (χ1n) is 8.06. The van der Waals surface area contributed by atoms with Crippen LogP contribution in [0, 0.1) is 6.92 Å². The molecule has 0 aliphatic rings. The van der Waals surface area contributed by atoms with Crippen LogP contribution in [-0.4, -0.2) is 16.0 Å². The van der Waals surface area contributed by atoms with Gasteiger partial charge in [0.1, 0.15) is 6.04 Å². The SMILES string of the molecule is Cc1cccc(-c2noc([C@@H](C)NC(=O)/C=C/c3ccccc3)n2)c1. The van der Waals surface area contributed by atoms with Gasteiger partial charge < -0.3 is 9.84 Å². The summed E-state index contributed by atoms with van der Waals surface area (Å²) < 4.78 is 5.28. The second kappa shape index (κ2) is 7.57. The third-order valence-corrected chi connectivity index (χ3v) is 3.67. The smallest absolute Gasteiger partial charge is 0.249 e. The molecule has 0 aliphatic heterocycles. The molecule has 126 valence electrons. The van der Waals surface area contributed by atoms with Crippen molar-refractivity contribution in [1.29, 1.82) is 0 Å². The van der Waals surface area contributed by atoms with Gasteiger partial charge in [0.25, 0.3) is 0 Å². The van der Waals surface area contributed by atoms with Crippen molar-refractivity contribution in [2.45, 2.75) is 19.9 Å². The maximum Gasteiger partial charge on any atom is 0.249 e. The van der Waals surface area contributed by atoms with Crippen LogP contribution in [0.3, 0.4) is 0 Å². The summed E-state index contributed by atoms with van der Waals surface area (Å²) in [6, 6.07) is 17.1. The van der Waals surface area contributed by atoms with Crippen LogP contribution in [0.2, 0.25) is 0 Å². The summed E-state index contributed by atoms with van der Waals surface area (Å²) in [6.07, 6.45) is 3.25. The second-order valence-corrected chi connectivity index (χ2v) is 5.80. The van der Waals surface area contributed by atoms with Gasteiger partial charge in [0.05, 0.1) is 0 Å². The Morgan fingerprint density at radius 2 is 1.96 bits per heavy atom. The Bertz CT molecular complexity index is 885. The van der Waals surface area contributed by atoms with Crippen molar-refractivity contribution in [2.75, 3.05) is 0 Å². The molecule has 0 saturated heterocycles. The van der Waals surface area contributed by atoms with Gasteiger partial charge in [-0.2, -0.15) is 4.98 Å². The molecule has 5 heteroatoms. The molecule has 1 aromatic heterocycles. The molecule has 0 bridgehead atoms. The van der Waals surface area contributed by atoms with Crippen LogP contribution in [0.25, 0.3) is 17.5 Å². The highest BCUT2D eigenvalue weighted by molar-refractivity contribution is 5.91. The van der Waals surface area contributed by atoms with Crippen molar-refractivity contribution in [1.82, 2.24) is 15.5 Å². The third kappa shape index (κ3) is 4.41. The van der Waals surface area contributed by atoms with Gasteiger partial charge in [0.2, 0.25) is 17.6 Å². The molecule has 0 unspecified atom stereocenters. The summed E-state index contributed by atoms with van der Waals surface area (Å²) in [5, 5.41) is 6.81. The molecular weight excluding hydrogens is 314 g/mol. The minimum Gasteiger partial charge on any atom is -0.341 e. The number of rotatable bonds is 5. The largest absolute Gasteiger partial charge is 0.341 e. The van der Waals surface area contributed by atoms with E-state index in [1.165, 1.54) is 6.08 Å². The lowest BCUT2D eigenvalue weighted by Gasteiger charge is -2.06. The lowest BCUT2D eigenvalue weighted by Crippen LogP contribution is -2.24. The number of amides is 1. The standard InChI is InChI=1S/C20H19N3O2/c1-14-7-6-10-17(13-14)19-22-20(25-23-19)15(2)21-18(24)12-11-16-8-4-3-5-9-16/h3-13,15H,1-2H3,(H,21,24)/b12-11+/t15-/m1/s1. The van der Waals surface area contributed by atoms with E-state index in [1.807, 2.05) is 68.4 Å². The maximum absolute atomic E-state index is 12.0. The van der Waals surface area contributed by atoms with Crippen molar-refractivity contribution in [3.8, 4) is 11.4 Å². The van der Waals surface area contributed by atoms with Gasteiger partial charge >= 0.3 is 0 Å². The average molecular weight is 333 g/mol. The van der Waals surface area contributed by atoms with Crippen LogP contribution < -0.4 is 5.32 Å². The zero-order valence-electron chi connectivity index (χ0n) is 14.1. The first-order chi connectivity index (χ1) is 12.1. The van der Waals surface area contributed by atoms with E-state index in [0.717, 1.165) is 16.7 Å². The number of carbonyl (C=O) groups is 1. The van der Waals surface area contributed by atoms with E-state index in [9.17, 15) is 4.79 Å². The number of aryl methyl sites for hydroxylation is 1. The molecular formula is C20H19N3O2. The molecule has 1 amide bonds. The van der Waals surface area contributed by atoms with Gasteiger partial charge in [0, 0.05) is 11.6 Å². The van der Waals surface area contributed by atoms with Gasteiger partial charge in [0.15, 0.2) is 0 Å². The van der Waals surface area contributed by atoms with Crippen LogP contribution in [0.4, 0.5) is 0 Å². The Labute approximate surface area is 146 Å². The predicted octanol–water partition coefficient (Wildman–Crippen LogP) is 3.94. The summed E-state index contributed by atoms with van der Waals surface area (Å²) in [4.78, 5) is 16.4. The normalized spacial score (nSPS) is 12.2. The zero-order chi connectivity index (χ0) is 17.6. The van der Waals surface area contributed by atoms with Crippen LogP contribution in [-0.2, 0) is 4.79 Å². The molecule has 1 N–H and O–H groups in total. The maximum atomic E-state index is 12.0. The number of benzene rings is 2. The summed E-state index contributed by atoms with van der Waals surface area (Å²) in [5.74, 6) is 0.671. The summed E-state index contributed by atoms with van der Waals surface area (Å²) in [5.41, 5.74) is 2.97. The second-order valence-electron chi connectivity index (χ2n) is 5.80. The minimum atomic E-state index is -0.376. The number of hydrogen-bond acceptors (Lipinski definition) is 4. The summed E-state index contributed by atoms with van der Waals surface area (Å²) in [6.45, 7) is 3.81. The molecule has 5 nitrogen and oxygen atoms in total. The van der Waals surface area contributed by atoms with Crippen molar-refractivity contribution < 1.29 is 9.32 Å². The molecule has 0 radical (unpaired) electrons. The van der Waals surface area contributed by atoms with E-state index < -0.39 is 0 Å². The summed E-state index contributed by atoms with van der Waals surface area (Å²) in [7, 11) is 0. The molecule has 0 spiro atoms. The molecule has 3 rings (SSSR count). The average Bonchev–Trinajstić information content (AvgIpc) is 3.11. The first kappa shape index (κ1) is 16.6. The van der Waals surface area contributed by atoms with Gasteiger partial charge in [-0.25, -0.2) is 0 Å². The molecule has 0 fully saturated rings. The van der Waals surface area contributed by atoms with Gasteiger partial charge in [-0.3, -0.25) is 4.79 Å². The predicted molar refractivity (Wildman–Crippen MR) is 96.5 cm³/mol. The van der Waals surface area contributed by atoms with Crippen LogP contribution in [0.5, 0.6) is 0 Å². The van der Waals surface area contributed by atoms with Gasteiger partial charge in [-0.05, 0) is 31.6 Å². The summed E-state index contributed by atoms with van der Waals surface area (Å²) >= 11 is 0. The highest BCUT2D eigenvalue weighted by atomic mass is 16.5. The monoisotopic (exact) mass is 333 g/mol. The molecule has 1 heterocycles. The fraction of sp³-hybridized carbons (Fsp3) is 0.150. The van der Waals surface area contributed by atoms with E-state index in [4.69, 9.17) is 4.52 Å². The van der Waals surface area contributed by atoms with E-state index in [0.29, 0.717) is 11.7 Å². The van der Waals surface area contributed by atoms with Crippen LogP contribution in [0.15, 0.2) is 65.2 Å². The van der Waals surface area contributed by atoms with E-state index in [1.54, 1.807) is 6.08 Å². The van der Waals surface area contributed by atoms with Gasteiger partial charge in [-0.15, -0.1) is 0 Å². The van der Waals surface area contributed by atoms with Crippen LogP contribution in [0.1, 0.15) is 30.0 Å². The highest BCUT2D eigenvalue weighted by Gasteiger charge is 2.16. The Morgan fingerprint density at radius 3 is 2.72 bits per heavy atom. The molecule has 3 aromatic rings. The number of aromatic nitrogens is 2. The Balaban J connectivity index is 1.64.